The van der Waals surface area contributed by atoms with Crippen molar-refractivity contribution in [3.63, 3.8) is 0 Å². The average molecular weight is 155 g/mol. The van der Waals surface area contributed by atoms with Crippen LogP contribution in [-0.4, -0.2) is 18.7 Å². The minimum absolute atomic E-state index is 0.0841. The molecule has 1 atom stereocenters. The zero-order valence-electron chi connectivity index (χ0n) is 6.72. The van der Waals surface area contributed by atoms with Crippen molar-refractivity contribution in [2.24, 2.45) is 0 Å². The minimum atomic E-state index is -0.114. The first-order valence-electron chi connectivity index (χ1n) is 3.78. The monoisotopic (exact) mass is 155 g/mol. The fraction of sp³-hybridized carbons (Fsp3) is 0.625. The molecule has 3 nitrogen and oxygen atoms in total. The Labute approximate surface area is 66.4 Å². The second-order valence-electron chi connectivity index (χ2n) is 2.76. The number of carbonyl (C=O) groups is 1. The van der Waals surface area contributed by atoms with Gasteiger partial charge in [-0.2, -0.15) is 0 Å². The second kappa shape index (κ2) is 3.53. The van der Waals surface area contributed by atoms with Crippen LogP contribution in [-0.2, 0) is 9.53 Å². The van der Waals surface area contributed by atoms with Gasteiger partial charge < -0.3 is 10.1 Å². The lowest BCUT2D eigenvalue weighted by molar-refractivity contribution is -0.120. The zero-order valence-corrected chi connectivity index (χ0v) is 6.72. The molecule has 1 aliphatic rings. The molecule has 0 bridgehead atoms. The predicted octanol–water partition coefficient (Wildman–Crippen LogP) is 0.815. The Morgan fingerprint density at radius 2 is 2.45 bits per heavy atom. The normalized spacial score (nSPS) is 23.2. The van der Waals surface area contributed by atoms with Gasteiger partial charge in [-0.3, -0.25) is 4.79 Å². The molecule has 0 aliphatic carbocycles. The number of rotatable bonds is 2. The van der Waals surface area contributed by atoms with Crippen molar-refractivity contribution in [2.45, 2.75) is 26.0 Å². The van der Waals surface area contributed by atoms with Crippen molar-refractivity contribution < 1.29 is 9.53 Å². The van der Waals surface area contributed by atoms with Gasteiger partial charge in [-0.25, -0.2) is 0 Å². The largest absolute Gasteiger partial charge is 0.359 e. The molecule has 1 unspecified atom stereocenters. The fourth-order valence-corrected chi connectivity index (χ4v) is 0.961. The van der Waals surface area contributed by atoms with Gasteiger partial charge in [-0.15, -0.1) is 0 Å². The molecule has 1 amide bonds. The first-order valence-corrected chi connectivity index (χ1v) is 3.78. The lowest BCUT2D eigenvalue weighted by Crippen LogP contribution is -2.34. The third kappa shape index (κ3) is 2.35. The van der Waals surface area contributed by atoms with E-state index in [0.29, 0.717) is 5.57 Å². The van der Waals surface area contributed by atoms with Crippen LogP contribution < -0.4 is 5.32 Å². The van der Waals surface area contributed by atoms with Crippen LogP contribution in [0.4, 0.5) is 0 Å². The van der Waals surface area contributed by atoms with Gasteiger partial charge >= 0.3 is 0 Å². The van der Waals surface area contributed by atoms with E-state index in [1.54, 1.807) is 6.92 Å². The molecule has 0 spiro atoms. The maximum absolute atomic E-state index is 11.0. The molecule has 1 aliphatic heterocycles. The summed E-state index contributed by atoms with van der Waals surface area (Å²) in [7, 11) is 0. The molecule has 11 heavy (non-hydrogen) atoms. The molecular weight excluding hydrogens is 142 g/mol. The summed E-state index contributed by atoms with van der Waals surface area (Å²) in [5, 5.41) is 2.72. The van der Waals surface area contributed by atoms with Crippen molar-refractivity contribution in [3.05, 3.63) is 12.2 Å². The van der Waals surface area contributed by atoms with Crippen molar-refractivity contribution in [2.75, 3.05) is 6.61 Å². The van der Waals surface area contributed by atoms with Gasteiger partial charge in [0.2, 0.25) is 5.91 Å². The topological polar surface area (TPSA) is 38.3 Å². The Kier molecular flexibility index (Phi) is 2.65. The summed E-state index contributed by atoms with van der Waals surface area (Å²) in [6.45, 7) is 5.97. The third-order valence-electron chi connectivity index (χ3n) is 1.61. The van der Waals surface area contributed by atoms with Crippen LogP contribution in [0.25, 0.3) is 0 Å². The number of carbonyl (C=O) groups excluding carboxylic acids is 1. The van der Waals surface area contributed by atoms with E-state index in [4.69, 9.17) is 4.74 Å². The number of ether oxygens (including phenoxy) is 1. The number of hydrogen-bond donors (Lipinski definition) is 1. The maximum atomic E-state index is 11.0. The van der Waals surface area contributed by atoms with Gasteiger partial charge in [0.25, 0.3) is 0 Å². The zero-order chi connectivity index (χ0) is 8.27. The van der Waals surface area contributed by atoms with E-state index in [1.165, 1.54) is 0 Å². The summed E-state index contributed by atoms with van der Waals surface area (Å²) in [6, 6.07) is 0. The van der Waals surface area contributed by atoms with Gasteiger partial charge in [0.1, 0.15) is 6.23 Å². The summed E-state index contributed by atoms with van der Waals surface area (Å²) >= 11 is 0. The Bertz CT molecular complexity index is 171. The van der Waals surface area contributed by atoms with Crippen molar-refractivity contribution in [1.82, 2.24) is 5.32 Å². The number of hydrogen-bond acceptors (Lipinski definition) is 2. The van der Waals surface area contributed by atoms with Crippen molar-refractivity contribution in [3.8, 4) is 0 Å². The van der Waals surface area contributed by atoms with Gasteiger partial charge in [-0.1, -0.05) is 6.58 Å². The van der Waals surface area contributed by atoms with Gasteiger partial charge in [0.15, 0.2) is 0 Å². The van der Waals surface area contributed by atoms with Gasteiger partial charge in [0, 0.05) is 12.2 Å². The Morgan fingerprint density at radius 3 is 2.91 bits per heavy atom. The molecule has 62 valence electrons. The van der Waals surface area contributed by atoms with Crippen LogP contribution in [0, 0.1) is 0 Å². The first kappa shape index (κ1) is 8.27. The molecule has 1 N–H and O–H groups in total. The van der Waals surface area contributed by atoms with E-state index < -0.39 is 0 Å². The van der Waals surface area contributed by atoms with Crippen LogP contribution in [0.15, 0.2) is 12.2 Å². The average Bonchev–Trinajstić information content (AvgIpc) is 2.39. The van der Waals surface area contributed by atoms with Crippen LogP contribution in [0.1, 0.15) is 19.8 Å². The van der Waals surface area contributed by atoms with Crippen molar-refractivity contribution >= 4 is 5.91 Å². The summed E-state index contributed by atoms with van der Waals surface area (Å²) in [6.07, 6.45) is 1.86. The Morgan fingerprint density at radius 1 is 1.73 bits per heavy atom. The maximum Gasteiger partial charge on any atom is 0.248 e. The smallest absolute Gasteiger partial charge is 0.248 e. The molecule has 1 fully saturated rings. The van der Waals surface area contributed by atoms with E-state index >= 15 is 0 Å². The van der Waals surface area contributed by atoms with E-state index in [9.17, 15) is 4.79 Å². The third-order valence-corrected chi connectivity index (χ3v) is 1.61. The van der Waals surface area contributed by atoms with Gasteiger partial charge in [0.05, 0.1) is 0 Å². The standard InChI is InChI=1S/C8H13NO2/c1-6(2)8(10)9-7-4-3-5-11-7/h7H,1,3-5H2,2H3,(H,9,10). The highest BCUT2D eigenvalue weighted by Gasteiger charge is 2.17. The van der Waals surface area contributed by atoms with E-state index in [0.717, 1.165) is 19.4 Å². The summed E-state index contributed by atoms with van der Waals surface area (Å²) < 4.78 is 5.20. The summed E-state index contributed by atoms with van der Waals surface area (Å²) in [4.78, 5) is 11.0. The Hall–Kier alpha value is -0.830. The molecule has 0 radical (unpaired) electrons. The Balaban J connectivity index is 2.29. The number of nitrogens with one attached hydrogen (secondary N) is 1. The SMILES string of the molecule is C=C(C)C(=O)NC1CCCO1. The highest BCUT2D eigenvalue weighted by Crippen LogP contribution is 2.09. The number of amides is 1. The molecule has 0 aromatic heterocycles. The van der Waals surface area contributed by atoms with Crippen molar-refractivity contribution in [1.29, 1.82) is 0 Å². The quantitative estimate of drug-likeness (QED) is 0.599. The molecule has 1 heterocycles. The molecule has 1 saturated heterocycles. The molecule has 3 heteroatoms. The molecule has 1 rings (SSSR count). The summed E-state index contributed by atoms with van der Waals surface area (Å²) in [5.74, 6) is -0.114. The second-order valence-corrected chi connectivity index (χ2v) is 2.76. The first-order chi connectivity index (χ1) is 5.20. The summed E-state index contributed by atoms with van der Waals surface area (Å²) in [5.41, 5.74) is 0.528. The van der Waals surface area contributed by atoms with Crippen LogP contribution >= 0.6 is 0 Å². The highest BCUT2D eigenvalue weighted by atomic mass is 16.5. The van der Waals surface area contributed by atoms with Crippen LogP contribution in [0.2, 0.25) is 0 Å². The van der Waals surface area contributed by atoms with Crippen LogP contribution in [0.5, 0.6) is 0 Å². The fourth-order valence-electron chi connectivity index (χ4n) is 0.961. The molecule has 0 aromatic rings. The predicted molar refractivity (Wildman–Crippen MR) is 41.9 cm³/mol. The van der Waals surface area contributed by atoms with E-state index in [-0.39, 0.29) is 12.1 Å². The molecule has 0 aromatic carbocycles. The van der Waals surface area contributed by atoms with E-state index in [2.05, 4.69) is 11.9 Å². The molecular formula is C8H13NO2. The van der Waals surface area contributed by atoms with Crippen LogP contribution in [0.3, 0.4) is 0 Å². The molecule has 0 saturated carbocycles. The highest BCUT2D eigenvalue weighted by molar-refractivity contribution is 5.92. The van der Waals surface area contributed by atoms with E-state index in [1.807, 2.05) is 0 Å². The van der Waals surface area contributed by atoms with Gasteiger partial charge in [-0.05, 0) is 19.8 Å². The lowest BCUT2D eigenvalue weighted by atomic mass is 10.3. The lowest BCUT2D eigenvalue weighted by Gasteiger charge is -2.10. The minimum Gasteiger partial charge on any atom is -0.359 e.